The molecule has 0 radical (unpaired) electrons. The SMILES string of the molecule is CC(O)C1CCN(c2ccc3c(c2)NC(=O)C3O)C1. The number of hydrogen-bond donors (Lipinski definition) is 3. The van der Waals surface area contributed by atoms with Crippen LogP contribution in [-0.2, 0) is 4.79 Å². The van der Waals surface area contributed by atoms with Gasteiger partial charge in [0, 0.05) is 35.9 Å². The first-order valence-corrected chi connectivity index (χ1v) is 6.62. The minimum absolute atomic E-state index is 0.291. The van der Waals surface area contributed by atoms with Crippen molar-refractivity contribution in [2.45, 2.75) is 25.6 Å². The van der Waals surface area contributed by atoms with Crippen LogP contribution < -0.4 is 10.2 Å². The van der Waals surface area contributed by atoms with Crippen molar-refractivity contribution < 1.29 is 15.0 Å². The van der Waals surface area contributed by atoms with Gasteiger partial charge in [0.1, 0.15) is 0 Å². The Bertz CT molecular complexity index is 515. The molecule has 0 bridgehead atoms. The molecule has 1 fully saturated rings. The maximum Gasteiger partial charge on any atom is 0.257 e. The molecular weight excluding hydrogens is 244 g/mol. The van der Waals surface area contributed by atoms with Gasteiger partial charge in [0.15, 0.2) is 6.10 Å². The molecule has 0 aromatic heterocycles. The third-order valence-corrected chi connectivity index (χ3v) is 4.11. The Balaban J connectivity index is 1.81. The summed E-state index contributed by atoms with van der Waals surface area (Å²) >= 11 is 0. The van der Waals surface area contributed by atoms with Gasteiger partial charge in [0.2, 0.25) is 0 Å². The van der Waals surface area contributed by atoms with E-state index in [0.29, 0.717) is 17.2 Å². The van der Waals surface area contributed by atoms with Crippen molar-refractivity contribution in [2.24, 2.45) is 5.92 Å². The van der Waals surface area contributed by atoms with Crippen LogP contribution in [0.5, 0.6) is 0 Å². The molecule has 1 amide bonds. The Labute approximate surface area is 111 Å². The van der Waals surface area contributed by atoms with Crippen molar-refractivity contribution in [1.82, 2.24) is 0 Å². The monoisotopic (exact) mass is 262 g/mol. The molecule has 1 saturated heterocycles. The van der Waals surface area contributed by atoms with Gasteiger partial charge in [-0.2, -0.15) is 0 Å². The zero-order valence-electron chi connectivity index (χ0n) is 10.8. The largest absolute Gasteiger partial charge is 0.393 e. The van der Waals surface area contributed by atoms with Gasteiger partial charge in [0.05, 0.1) is 6.10 Å². The number of fused-ring (bicyclic) bond motifs is 1. The zero-order chi connectivity index (χ0) is 13.6. The first-order valence-electron chi connectivity index (χ1n) is 6.62. The topological polar surface area (TPSA) is 72.8 Å². The standard InChI is InChI=1S/C14H18N2O3/c1-8(17)9-4-5-16(7-9)10-2-3-11-12(6-10)15-14(19)13(11)18/h2-3,6,8-9,13,17-18H,4-5,7H2,1H3,(H,15,19). The van der Waals surface area contributed by atoms with E-state index in [1.165, 1.54) is 0 Å². The van der Waals surface area contributed by atoms with Crippen LogP contribution in [0.1, 0.15) is 25.0 Å². The predicted octanol–water partition coefficient (Wildman–Crippen LogP) is 0.879. The molecule has 102 valence electrons. The van der Waals surface area contributed by atoms with Crippen LogP contribution in [0.3, 0.4) is 0 Å². The van der Waals surface area contributed by atoms with E-state index in [1.807, 2.05) is 19.1 Å². The fraction of sp³-hybridized carbons (Fsp3) is 0.500. The van der Waals surface area contributed by atoms with Gasteiger partial charge in [-0.05, 0) is 25.5 Å². The van der Waals surface area contributed by atoms with Crippen LogP contribution in [0.25, 0.3) is 0 Å². The molecular formula is C14H18N2O3. The smallest absolute Gasteiger partial charge is 0.257 e. The van der Waals surface area contributed by atoms with Gasteiger partial charge in [-0.15, -0.1) is 0 Å². The first-order chi connectivity index (χ1) is 9.06. The number of rotatable bonds is 2. The Morgan fingerprint density at radius 2 is 2.26 bits per heavy atom. The number of anilines is 2. The number of benzene rings is 1. The molecule has 0 saturated carbocycles. The maximum absolute atomic E-state index is 11.4. The predicted molar refractivity (Wildman–Crippen MR) is 72.0 cm³/mol. The van der Waals surface area contributed by atoms with E-state index >= 15 is 0 Å². The van der Waals surface area contributed by atoms with Gasteiger partial charge in [0.25, 0.3) is 5.91 Å². The highest BCUT2D eigenvalue weighted by atomic mass is 16.3. The second kappa shape index (κ2) is 4.51. The Kier molecular flexibility index (Phi) is 2.95. The summed E-state index contributed by atoms with van der Waals surface area (Å²) in [5.74, 6) is -0.0659. The van der Waals surface area contributed by atoms with Crippen molar-refractivity contribution in [3.63, 3.8) is 0 Å². The molecule has 1 aromatic carbocycles. The fourth-order valence-corrected chi connectivity index (χ4v) is 2.85. The van der Waals surface area contributed by atoms with Crippen LogP contribution >= 0.6 is 0 Å². The molecule has 3 atom stereocenters. The highest BCUT2D eigenvalue weighted by molar-refractivity contribution is 6.02. The van der Waals surface area contributed by atoms with Crippen LogP contribution in [0.15, 0.2) is 18.2 Å². The van der Waals surface area contributed by atoms with E-state index in [2.05, 4.69) is 10.2 Å². The number of carbonyl (C=O) groups is 1. The average Bonchev–Trinajstić information content (AvgIpc) is 2.96. The Hall–Kier alpha value is -1.59. The lowest BCUT2D eigenvalue weighted by atomic mass is 10.0. The maximum atomic E-state index is 11.4. The normalized spacial score (nSPS) is 27.3. The molecule has 5 heteroatoms. The molecule has 2 aliphatic rings. The Morgan fingerprint density at radius 1 is 1.47 bits per heavy atom. The van der Waals surface area contributed by atoms with Gasteiger partial charge >= 0.3 is 0 Å². The van der Waals surface area contributed by atoms with E-state index in [1.54, 1.807) is 6.07 Å². The lowest BCUT2D eigenvalue weighted by molar-refractivity contribution is -0.123. The van der Waals surface area contributed by atoms with Gasteiger partial charge in [-0.3, -0.25) is 4.79 Å². The van der Waals surface area contributed by atoms with Crippen molar-refractivity contribution in [2.75, 3.05) is 23.3 Å². The zero-order valence-corrected chi connectivity index (χ0v) is 10.8. The van der Waals surface area contributed by atoms with E-state index in [9.17, 15) is 15.0 Å². The second-order valence-electron chi connectivity index (χ2n) is 5.40. The third kappa shape index (κ3) is 2.09. The van der Waals surface area contributed by atoms with Crippen LogP contribution in [-0.4, -0.2) is 35.3 Å². The number of nitrogens with zero attached hydrogens (tertiary/aromatic N) is 1. The summed E-state index contributed by atoms with van der Waals surface area (Å²) < 4.78 is 0. The van der Waals surface area contributed by atoms with Crippen LogP contribution in [0, 0.1) is 5.92 Å². The second-order valence-corrected chi connectivity index (χ2v) is 5.40. The number of amides is 1. The van der Waals surface area contributed by atoms with Crippen molar-refractivity contribution >= 4 is 17.3 Å². The summed E-state index contributed by atoms with van der Waals surface area (Å²) in [7, 11) is 0. The fourth-order valence-electron chi connectivity index (χ4n) is 2.85. The van der Waals surface area contributed by atoms with Gasteiger partial charge in [-0.1, -0.05) is 6.07 Å². The molecule has 3 N–H and O–H groups in total. The van der Waals surface area contributed by atoms with Gasteiger partial charge < -0.3 is 20.4 Å². The first kappa shape index (κ1) is 12.4. The van der Waals surface area contributed by atoms with E-state index in [0.717, 1.165) is 25.2 Å². The summed E-state index contributed by atoms with van der Waals surface area (Å²) in [6.07, 6.45) is -0.363. The number of hydrogen-bond acceptors (Lipinski definition) is 4. The van der Waals surface area contributed by atoms with Crippen LogP contribution in [0.4, 0.5) is 11.4 Å². The number of aliphatic hydroxyl groups excluding tert-OH is 2. The molecule has 0 aliphatic carbocycles. The van der Waals surface area contributed by atoms with Crippen molar-refractivity contribution in [1.29, 1.82) is 0 Å². The molecule has 5 nitrogen and oxygen atoms in total. The minimum Gasteiger partial charge on any atom is -0.393 e. The molecule has 19 heavy (non-hydrogen) atoms. The lowest BCUT2D eigenvalue weighted by Gasteiger charge is -2.20. The van der Waals surface area contributed by atoms with E-state index in [4.69, 9.17) is 0 Å². The van der Waals surface area contributed by atoms with Crippen LogP contribution in [0.2, 0.25) is 0 Å². The number of carbonyl (C=O) groups excluding carboxylic acids is 1. The molecule has 0 spiro atoms. The van der Waals surface area contributed by atoms with E-state index in [-0.39, 0.29) is 12.0 Å². The summed E-state index contributed by atoms with van der Waals surface area (Å²) in [5, 5.41) is 22.0. The van der Waals surface area contributed by atoms with Crippen molar-refractivity contribution in [3.05, 3.63) is 23.8 Å². The molecule has 2 aliphatic heterocycles. The summed E-state index contributed by atoms with van der Waals surface area (Å²) in [5.41, 5.74) is 2.35. The summed E-state index contributed by atoms with van der Waals surface area (Å²) in [6.45, 7) is 3.56. The summed E-state index contributed by atoms with van der Waals surface area (Å²) in [4.78, 5) is 13.6. The molecule has 3 unspecified atom stereocenters. The van der Waals surface area contributed by atoms with Gasteiger partial charge in [-0.25, -0.2) is 0 Å². The van der Waals surface area contributed by atoms with E-state index < -0.39 is 6.10 Å². The average molecular weight is 262 g/mol. The molecule has 3 rings (SSSR count). The quantitative estimate of drug-likeness (QED) is 0.740. The molecule has 2 heterocycles. The highest BCUT2D eigenvalue weighted by Crippen LogP contribution is 2.35. The number of aliphatic hydroxyl groups is 2. The van der Waals surface area contributed by atoms with Crippen molar-refractivity contribution in [3.8, 4) is 0 Å². The lowest BCUT2D eigenvalue weighted by Crippen LogP contribution is -2.23. The number of nitrogens with one attached hydrogen (secondary N) is 1. The Morgan fingerprint density at radius 3 is 2.95 bits per heavy atom. The molecule has 1 aromatic rings. The highest BCUT2D eigenvalue weighted by Gasteiger charge is 2.30. The summed E-state index contributed by atoms with van der Waals surface area (Å²) in [6, 6.07) is 5.61. The minimum atomic E-state index is -1.05. The third-order valence-electron chi connectivity index (χ3n) is 4.11.